The molecule has 98 valence electrons. The lowest BCUT2D eigenvalue weighted by Crippen LogP contribution is -1.99. The molecule has 0 spiro atoms. The molecular weight excluding hydrogens is 279 g/mol. The third-order valence-corrected chi connectivity index (χ3v) is 3.56. The molecule has 0 atom stereocenters. The maximum absolute atomic E-state index is 11.9. The van der Waals surface area contributed by atoms with Gasteiger partial charge in [-0.05, 0) is 36.6 Å². The lowest BCUT2D eigenvalue weighted by molar-refractivity contribution is 0.0980. The van der Waals surface area contributed by atoms with Crippen LogP contribution >= 0.6 is 23.2 Å². The second kappa shape index (κ2) is 6.74. The number of aryl methyl sites for hydroxylation is 1. The van der Waals surface area contributed by atoms with E-state index >= 15 is 0 Å². The molecule has 0 bridgehead atoms. The summed E-state index contributed by atoms with van der Waals surface area (Å²) < 4.78 is 0. The van der Waals surface area contributed by atoms with Gasteiger partial charge in [0.25, 0.3) is 0 Å². The average Bonchev–Trinajstić information content (AvgIpc) is 2.43. The zero-order valence-electron chi connectivity index (χ0n) is 10.4. The number of hydrogen-bond acceptors (Lipinski definition) is 1. The highest BCUT2D eigenvalue weighted by atomic mass is 35.5. The normalized spacial score (nSPS) is 10.4. The van der Waals surface area contributed by atoms with Crippen LogP contribution in [0, 0.1) is 0 Å². The van der Waals surface area contributed by atoms with Gasteiger partial charge in [0.1, 0.15) is 0 Å². The van der Waals surface area contributed by atoms with Gasteiger partial charge in [0.15, 0.2) is 5.78 Å². The van der Waals surface area contributed by atoms with Crippen LogP contribution in [0.1, 0.15) is 28.8 Å². The van der Waals surface area contributed by atoms with E-state index in [2.05, 4.69) is 0 Å². The maximum atomic E-state index is 11.9. The molecule has 0 amide bonds. The SMILES string of the molecule is O=C(CCCc1cc(Cl)ccc1Cl)c1ccccc1. The highest BCUT2D eigenvalue weighted by Crippen LogP contribution is 2.22. The molecule has 19 heavy (non-hydrogen) atoms. The number of benzene rings is 2. The third kappa shape index (κ3) is 4.09. The summed E-state index contributed by atoms with van der Waals surface area (Å²) in [6.07, 6.45) is 2.05. The maximum Gasteiger partial charge on any atom is 0.162 e. The molecular formula is C16H14Cl2O. The summed E-state index contributed by atoms with van der Waals surface area (Å²) in [4.78, 5) is 11.9. The van der Waals surface area contributed by atoms with Gasteiger partial charge in [-0.25, -0.2) is 0 Å². The molecule has 0 aromatic heterocycles. The summed E-state index contributed by atoms with van der Waals surface area (Å²) in [5.41, 5.74) is 1.76. The number of ketones is 1. The van der Waals surface area contributed by atoms with Gasteiger partial charge in [-0.15, -0.1) is 0 Å². The number of rotatable bonds is 5. The summed E-state index contributed by atoms with van der Waals surface area (Å²) >= 11 is 12.0. The van der Waals surface area contributed by atoms with Gasteiger partial charge >= 0.3 is 0 Å². The Labute approximate surface area is 123 Å². The largest absolute Gasteiger partial charge is 0.294 e. The van der Waals surface area contributed by atoms with Gasteiger partial charge in [0, 0.05) is 22.0 Å². The van der Waals surface area contributed by atoms with E-state index in [0.717, 1.165) is 24.0 Å². The fourth-order valence-corrected chi connectivity index (χ4v) is 2.35. The van der Waals surface area contributed by atoms with Crippen molar-refractivity contribution < 1.29 is 4.79 Å². The highest BCUT2D eigenvalue weighted by Gasteiger charge is 2.06. The lowest BCUT2D eigenvalue weighted by atomic mass is 10.0. The molecule has 0 heterocycles. The molecule has 2 aromatic carbocycles. The Kier molecular flexibility index (Phi) is 5.00. The molecule has 0 unspecified atom stereocenters. The van der Waals surface area contributed by atoms with Crippen molar-refractivity contribution in [2.75, 3.05) is 0 Å². The third-order valence-electron chi connectivity index (χ3n) is 2.95. The van der Waals surface area contributed by atoms with Crippen LogP contribution in [0.4, 0.5) is 0 Å². The number of halogens is 2. The second-order valence-electron chi connectivity index (χ2n) is 4.38. The summed E-state index contributed by atoms with van der Waals surface area (Å²) in [7, 11) is 0. The first-order valence-corrected chi connectivity index (χ1v) is 6.94. The van der Waals surface area contributed by atoms with Crippen LogP contribution in [0.15, 0.2) is 48.5 Å². The minimum absolute atomic E-state index is 0.166. The Morgan fingerprint density at radius 2 is 1.74 bits per heavy atom. The van der Waals surface area contributed by atoms with E-state index in [1.165, 1.54) is 0 Å². The predicted molar refractivity (Wildman–Crippen MR) is 80.2 cm³/mol. The average molecular weight is 293 g/mol. The van der Waals surface area contributed by atoms with E-state index < -0.39 is 0 Å². The first-order valence-electron chi connectivity index (χ1n) is 6.19. The number of carbonyl (C=O) groups excluding carboxylic acids is 1. The van der Waals surface area contributed by atoms with E-state index in [4.69, 9.17) is 23.2 Å². The quantitative estimate of drug-likeness (QED) is 0.692. The van der Waals surface area contributed by atoms with Crippen molar-refractivity contribution in [2.24, 2.45) is 0 Å². The second-order valence-corrected chi connectivity index (χ2v) is 5.22. The van der Waals surface area contributed by atoms with Crippen molar-refractivity contribution in [3.63, 3.8) is 0 Å². The molecule has 3 heteroatoms. The van der Waals surface area contributed by atoms with Gasteiger partial charge in [0.05, 0.1) is 0 Å². The Hall–Kier alpha value is -1.31. The smallest absolute Gasteiger partial charge is 0.162 e. The Morgan fingerprint density at radius 1 is 1.00 bits per heavy atom. The minimum Gasteiger partial charge on any atom is -0.294 e. The molecule has 2 aromatic rings. The fourth-order valence-electron chi connectivity index (χ4n) is 1.94. The van der Waals surface area contributed by atoms with Crippen molar-refractivity contribution in [3.8, 4) is 0 Å². The van der Waals surface area contributed by atoms with Crippen LogP contribution in [0.3, 0.4) is 0 Å². The molecule has 0 aliphatic carbocycles. The van der Waals surface area contributed by atoms with E-state index in [-0.39, 0.29) is 5.78 Å². The van der Waals surface area contributed by atoms with Crippen molar-refractivity contribution in [1.29, 1.82) is 0 Å². The molecule has 1 nitrogen and oxygen atoms in total. The van der Waals surface area contributed by atoms with Gasteiger partial charge in [-0.1, -0.05) is 53.5 Å². The summed E-state index contributed by atoms with van der Waals surface area (Å²) in [6, 6.07) is 14.8. The monoisotopic (exact) mass is 292 g/mol. The first kappa shape index (κ1) is 14.1. The zero-order chi connectivity index (χ0) is 13.7. The van der Waals surface area contributed by atoms with Crippen LogP contribution in [-0.4, -0.2) is 5.78 Å². The molecule has 0 saturated carbocycles. The molecule has 0 aliphatic rings. The Bertz CT molecular complexity index is 564. The topological polar surface area (TPSA) is 17.1 Å². The van der Waals surface area contributed by atoms with E-state index in [0.29, 0.717) is 16.5 Å². The van der Waals surface area contributed by atoms with Gasteiger partial charge in [-0.3, -0.25) is 4.79 Å². The molecule has 0 aliphatic heterocycles. The van der Waals surface area contributed by atoms with Crippen molar-refractivity contribution >= 4 is 29.0 Å². The number of hydrogen-bond donors (Lipinski definition) is 0. The molecule has 0 saturated heterocycles. The zero-order valence-corrected chi connectivity index (χ0v) is 11.9. The minimum atomic E-state index is 0.166. The van der Waals surface area contributed by atoms with Crippen molar-refractivity contribution in [1.82, 2.24) is 0 Å². The highest BCUT2D eigenvalue weighted by molar-refractivity contribution is 6.33. The summed E-state index contributed by atoms with van der Waals surface area (Å²) in [5, 5.41) is 1.38. The van der Waals surface area contributed by atoms with Crippen LogP contribution in [0.25, 0.3) is 0 Å². The Balaban J connectivity index is 1.90. The van der Waals surface area contributed by atoms with Crippen molar-refractivity contribution in [2.45, 2.75) is 19.3 Å². The van der Waals surface area contributed by atoms with Crippen LogP contribution in [0.5, 0.6) is 0 Å². The molecule has 0 N–H and O–H groups in total. The van der Waals surface area contributed by atoms with Crippen LogP contribution in [0.2, 0.25) is 10.0 Å². The van der Waals surface area contributed by atoms with Gasteiger partial charge in [-0.2, -0.15) is 0 Å². The van der Waals surface area contributed by atoms with Gasteiger partial charge < -0.3 is 0 Å². The van der Waals surface area contributed by atoms with E-state index in [9.17, 15) is 4.79 Å². The summed E-state index contributed by atoms with van der Waals surface area (Å²) in [5.74, 6) is 0.166. The van der Waals surface area contributed by atoms with E-state index in [1.807, 2.05) is 36.4 Å². The molecule has 0 radical (unpaired) electrons. The van der Waals surface area contributed by atoms with Crippen LogP contribution < -0.4 is 0 Å². The fraction of sp³-hybridized carbons (Fsp3) is 0.188. The Morgan fingerprint density at radius 3 is 2.47 bits per heavy atom. The lowest BCUT2D eigenvalue weighted by Gasteiger charge is -2.05. The van der Waals surface area contributed by atoms with Crippen molar-refractivity contribution in [3.05, 3.63) is 69.7 Å². The standard InChI is InChI=1S/C16H14Cl2O/c17-14-9-10-15(18)13(11-14)7-4-8-16(19)12-5-2-1-3-6-12/h1-3,5-6,9-11H,4,7-8H2. The van der Waals surface area contributed by atoms with E-state index in [1.54, 1.807) is 12.1 Å². The predicted octanol–water partition coefficient (Wildman–Crippen LogP) is 5.20. The van der Waals surface area contributed by atoms with Crippen LogP contribution in [-0.2, 0) is 6.42 Å². The number of carbonyl (C=O) groups is 1. The van der Waals surface area contributed by atoms with Gasteiger partial charge in [0.2, 0.25) is 0 Å². The summed E-state index contributed by atoms with van der Waals surface area (Å²) in [6.45, 7) is 0. The molecule has 0 fully saturated rings. The first-order chi connectivity index (χ1) is 9.16. The number of Topliss-reactive ketones (excluding diaryl/α,β-unsaturated/α-hetero) is 1. The molecule has 2 rings (SSSR count).